The Morgan fingerprint density at radius 2 is 1.79 bits per heavy atom. The van der Waals surface area contributed by atoms with E-state index in [-0.39, 0.29) is 35.6 Å². The SMILES string of the molecule is CC(C)(O)C(=O)n1c(=O)n(C(=O)CO)c2cc(Cn3cnc(OCc4ccc(F)cc4F)c(Cl)c3=O)ccc21. The highest BCUT2D eigenvalue weighted by molar-refractivity contribution is 6.31. The molecule has 0 aliphatic rings. The zero-order valence-electron chi connectivity index (χ0n) is 20.5. The van der Waals surface area contributed by atoms with Gasteiger partial charge in [0.05, 0.1) is 17.6 Å². The number of carbonyl (C=O) groups is 2. The Balaban J connectivity index is 1.67. The van der Waals surface area contributed by atoms with E-state index in [1.165, 1.54) is 38.1 Å². The van der Waals surface area contributed by atoms with Crippen molar-refractivity contribution in [1.29, 1.82) is 0 Å². The van der Waals surface area contributed by atoms with Crippen LogP contribution in [0.4, 0.5) is 8.78 Å². The standard InChI is InChI=1S/C25H21ClF2N4O7/c1-25(2,38)23(36)32-17-6-3-13(7-18(17)31(24(32)37)19(34)10-33)9-30-12-29-21(20(26)22(30)35)39-11-14-4-5-15(27)8-16(14)28/h3-8,12,33,38H,9-11H2,1-2H3. The van der Waals surface area contributed by atoms with E-state index >= 15 is 0 Å². The minimum Gasteiger partial charge on any atom is -0.471 e. The zero-order valence-corrected chi connectivity index (χ0v) is 21.3. The van der Waals surface area contributed by atoms with Crippen LogP contribution >= 0.6 is 11.6 Å². The molecule has 11 nitrogen and oxygen atoms in total. The van der Waals surface area contributed by atoms with E-state index in [0.29, 0.717) is 20.8 Å². The van der Waals surface area contributed by atoms with E-state index in [9.17, 15) is 38.2 Å². The number of imidazole rings is 1. The van der Waals surface area contributed by atoms with Crippen LogP contribution in [0.25, 0.3) is 11.0 Å². The summed E-state index contributed by atoms with van der Waals surface area (Å²) in [6, 6.07) is 7.11. The Labute approximate surface area is 223 Å². The van der Waals surface area contributed by atoms with Crippen LogP contribution in [0, 0.1) is 11.6 Å². The van der Waals surface area contributed by atoms with Gasteiger partial charge in [-0.25, -0.2) is 27.7 Å². The second kappa shape index (κ2) is 10.5. The number of aliphatic hydroxyl groups excluding tert-OH is 1. The topological polar surface area (TPSA) is 146 Å². The molecule has 0 saturated heterocycles. The Morgan fingerprint density at radius 3 is 2.44 bits per heavy atom. The van der Waals surface area contributed by atoms with Crippen molar-refractivity contribution < 1.29 is 33.3 Å². The molecule has 0 unspecified atom stereocenters. The van der Waals surface area contributed by atoms with Gasteiger partial charge in [0.15, 0.2) is 5.02 Å². The van der Waals surface area contributed by atoms with Crippen molar-refractivity contribution in [1.82, 2.24) is 18.7 Å². The molecule has 0 amide bonds. The highest BCUT2D eigenvalue weighted by Gasteiger charge is 2.31. The number of rotatable bonds is 7. The van der Waals surface area contributed by atoms with Gasteiger partial charge in [0.25, 0.3) is 17.4 Å². The van der Waals surface area contributed by atoms with Crippen LogP contribution in [0.15, 0.2) is 52.3 Å². The lowest BCUT2D eigenvalue weighted by atomic mass is 10.1. The molecule has 0 bridgehead atoms. The Bertz CT molecular complexity index is 1740. The summed E-state index contributed by atoms with van der Waals surface area (Å²) in [7, 11) is 0. The summed E-state index contributed by atoms with van der Waals surface area (Å²) in [4.78, 5) is 54.7. The summed E-state index contributed by atoms with van der Waals surface area (Å²) in [6.45, 7) is 0.832. The molecule has 4 aromatic rings. The predicted molar refractivity (Wildman–Crippen MR) is 134 cm³/mol. The number of fused-ring (bicyclic) bond motifs is 1. The third kappa shape index (κ3) is 5.37. The first kappa shape index (κ1) is 27.8. The van der Waals surface area contributed by atoms with E-state index in [0.717, 1.165) is 17.0 Å². The number of aromatic nitrogens is 4. The van der Waals surface area contributed by atoms with Gasteiger partial charge in [0, 0.05) is 11.6 Å². The fourth-order valence-corrected chi connectivity index (χ4v) is 3.98. The quantitative estimate of drug-likeness (QED) is 0.348. The number of carbonyl (C=O) groups excluding carboxylic acids is 2. The molecule has 0 fully saturated rings. The number of hydrogen-bond acceptors (Lipinski definition) is 8. The first-order chi connectivity index (χ1) is 18.3. The Hall–Kier alpha value is -4.20. The fourth-order valence-electron chi connectivity index (χ4n) is 3.77. The third-order valence-electron chi connectivity index (χ3n) is 5.70. The van der Waals surface area contributed by atoms with Crippen molar-refractivity contribution >= 4 is 34.4 Å². The number of ether oxygens (including phenoxy) is 1. The number of aliphatic hydroxyl groups is 2. The summed E-state index contributed by atoms with van der Waals surface area (Å²) in [5.41, 5.74) is -3.37. The van der Waals surface area contributed by atoms with Crippen LogP contribution in [-0.2, 0) is 13.2 Å². The van der Waals surface area contributed by atoms with E-state index < -0.39 is 51.9 Å². The zero-order chi connectivity index (χ0) is 28.6. The average Bonchev–Trinajstić information content (AvgIpc) is 3.16. The maximum atomic E-state index is 13.9. The van der Waals surface area contributed by atoms with Gasteiger partial charge in [0.2, 0.25) is 5.88 Å². The normalized spacial score (nSPS) is 11.7. The van der Waals surface area contributed by atoms with Gasteiger partial charge in [-0.1, -0.05) is 17.7 Å². The van der Waals surface area contributed by atoms with Gasteiger partial charge in [-0.15, -0.1) is 0 Å². The largest absolute Gasteiger partial charge is 0.471 e. The summed E-state index contributed by atoms with van der Waals surface area (Å²) >= 11 is 6.12. The molecule has 0 spiro atoms. The molecule has 204 valence electrons. The van der Waals surface area contributed by atoms with E-state index in [4.69, 9.17) is 16.3 Å². The number of benzene rings is 2. The molecule has 0 radical (unpaired) electrons. The lowest BCUT2D eigenvalue weighted by Gasteiger charge is -2.15. The summed E-state index contributed by atoms with van der Waals surface area (Å²) in [5.74, 6) is -3.87. The highest BCUT2D eigenvalue weighted by atomic mass is 35.5. The third-order valence-corrected chi connectivity index (χ3v) is 6.02. The molecule has 0 aliphatic carbocycles. The lowest BCUT2D eigenvalue weighted by Crippen LogP contribution is -2.42. The maximum Gasteiger partial charge on any atom is 0.343 e. The first-order valence-corrected chi connectivity index (χ1v) is 11.7. The molecule has 2 aromatic carbocycles. The van der Waals surface area contributed by atoms with Crippen LogP contribution in [0.1, 0.15) is 34.6 Å². The van der Waals surface area contributed by atoms with Gasteiger partial charge in [-0.3, -0.25) is 19.0 Å². The molecule has 2 heterocycles. The molecular weight excluding hydrogens is 542 g/mol. The van der Waals surface area contributed by atoms with Crippen LogP contribution in [0.2, 0.25) is 5.02 Å². The molecular formula is C25H21ClF2N4O7. The van der Waals surface area contributed by atoms with Crippen LogP contribution < -0.4 is 16.0 Å². The van der Waals surface area contributed by atoms with Crippen LogP contribution in [0.3, 0.4) is 0 Å². The number of hydrogen-bond donors (Lipinski definition) is 2. The number of nitrogens with zero attached hydrogens (tertiary/aromatic N) is 4. The molecule has 0 atom stereocenters. The Morgan fingerprint density at radius 1 is 1.08 bits per heavy atom. The van der Waals surface area contributed by atoms with Crippen molar-refractivity contribution in [3.63, 3.8) is 0 Å². The smallest absolute Gasteiger partial charge is 0.343 e. The molecule has 2 aromatic heterocycles. The molecule has 2 N–H and O–H groups in total. The Kier molecular flexibility index (Phi) is 7.50. The predicted octanol–water partition coefficient (Wildman–Crippen LogP) is 1.96. The monoisotopic (exact) mass is 562 g/mol. The second-order valence-electron chi connectivity index (χ2n) is 9.01. The molecule has 0 saturated carbocycles. The lowest BCUT2D eigenvalue weighted by molar-refractivity contribution is 0.0391. The maximum absolute atomic E-state index is 13.9. The van der Waals surface area contributed by atoms with Gasteiger partial charge in [0.1, 0.15) is 36.8 Å². The van der Waals surface area contributed by atoms with E-state index in [1.807, 2.05) is 0 Å². The molecule has 39 heavy (non-hydrogen) atoms. The van der Waals surface area contributed by atoms with Gasteiger partial charge in [-0.2, -0.15) is 0 Å². The van der Waals surface area contributed by atoms with Crippen molar-refractivity contribution in [3.05, 3.63) is 91.3 Å². The summed E-state index contributed by atoms with van der Waals surface area (Å²) < 4.78 is 34.6. The van der Waals surface area contributed by atoms with Crippen LogP contribution in [-0.4, -0.2) is 52.9 Å². The minimum atomic E-state index is -1.94. The fraction of sp³-hybridized carbons (Fsp3) is 0.240. The summed E-state index contributed by atoms with van der Waals surface area (Å²) in [6.07, 6.45) is 1.11. The van der Waals surface area contributed by atoms with Crippen LogP contribution in [0.5, 0.6) is 5.88 Å². The van der Waals surface area contributed by atoms with Gasteiger partial charge < -0.3 is 14.9 Å². The molecule has 4 rings (SSSR count). The minimum absolute atomic E-state index is 0.00190. The average molecular weight is 563 g/mol. The van der Waals surface area contributed by atoms with Crippen molar-refractivity contribution in [3.8, 4) is 5.88 Å². The second-order valence-corrected chi connectivity index (χ2v) is 9.39. The van der Waals surface area contributed by atoms with Gasteiger partial charge in [-0.05, 0) is 43.7 Å². The molecule has 0 aliphatic heterocycles. The highest BCUT2D eigenvalue weighted by Crippen LogP contribution is 2.21. The first-order valence-electron chi connectivity index (χ1n) is 11.3. The number of halogens is 3. The van der Waals surface area contributed by atoms with Crippen molar-refractivity contribution in [2.75, 3.05) is 6.61 Å². The van der Waals surface area contributed by atoms with Crippen molar-refractivity contribution in [2.45, 2.75) is 32.6 Å². The van der Waals surface area contributed by atoms with Gasteiger partial charge >= 0.3 is 5.69 Å². The summed E-state index contributed by atoms with van der Waals surface area (Å²) in [5, 5.41) is 19.1. The van der Waals surface area contributed by atoms with E-state index in [2.05, 4.69) is 4.98 Å². The molecule has 14 heteroatoms. The van der Waals surface area contributed by atoms with E-state index in [1.54, 1.807) is 0 Å². The van der Waals surface area contributed by atoms with Crippen molar-refractivity contribution in [2.24, 2.45) is 0 Å².